The Bertz CT molecular complexity index is 281. The van der Waals surface area contributed by atoms with Crippen molar-refractivity contribution in [2.75, 3.05) is 0 Å². The van der Waals surface area contributed by atoms with Gasteiger partial charge in [-0.05, 0) is 6.08 Å². The number of nitrogens with zero attached hydrogens (tertiary/aromatic N) is 1. The monoisotopic (exact) mass is 169 g/mol. The average Bonchev–Trinajstić information content (AvgIpc) is 2.50. The summed E-state index contributed by atoms with van der Waals surface area (Å²) in [4.78, 5) is 14.7. The normalized spacial score (nSPS) is 9.18. The van der Waals surface area contributed by atoms with E-state index in [-0.39, 0.29) is 5.91 Å². The van der Waals surface area contributed by atoms with Crippen LogP contribution in [-0.2, 0) is 0 Å². The van der Waals surface area contributed by atoms with Crippen molar-refractivity contribution < 1.29 is 4.79 Å². The second-order valence-electron chi connectivity index (χ2n) is 1.75. The molecule has 0 radical (unpaired) electrons. The largest absolute Gasteiger partial charge is 0.289 e. The maximum Gasteiger partial charge on any atom is 0.284 e. The summed E-state index contributed by atoms with van der Waals surface area (Å²) in [6.07, 6.45) is 1.58. The third-order valence-electron chi connectivity index (χ3n) is 1.06. The number of carbonyl (C=O) groups excluding carboxylic acids is 1. The van der Waals surface area contributed by atoms with E-state index in [4.69, 9.17) is 5.84 Å². The van der Waals surface area contributed by atoms with Gasteiger partial charge in [0.25, 0.3) is 5.91 Å². The first kappa shape index (κ1) is 7.90. The molecule has 0 aliphatic carbocycles. The lowest BCUT2D eigenvalue weighted by molar-refractivity contribution is 0.0949. The maximum absolute atomic E-state index is 10.8. The topological polar surface area (TPSA) is 68.0 Å². The van der Waals surface area contributed by atoms with Crippen LogP contribution in [0.4, 0.5) is 0 Å². The van der Waals surface area contributed by atoms with E-state index in [9.17, 15) is 4.79 Å². The zero-order valence-corrected chi connectivity index (χ0v) is 6.52. The van der Waals surface area contributed by atoms with Crippen LogP contribution in [0.3, 0.4) is 0 Å². The van der Waals surface area contributed by atoms with Crippen LogP contribution in [0.5, 0.6) is 0 Å². The van der Waals surface area contributed by atoms with Crippen LogP contribution in [0.15, 0.2) is 12.0 Å². The van der Waals surface area contributed by atoms with E-state index in [2.05, 4.69) is 11.6 Å². The Morgan fingerprint density at radius 2 is 2.64 bits per heavy atom. The molecular weight excluding hydrogens is 162 g/mol. The summed E-state index contributed by atoms with van der Waals surface area (Å²) in [7, 11) is 0. The third-order valence-corrected chi connectivity index (χ3v) is 1.90. The number of hydrazine groups is 1. The number of rotatable bonds is 2. The number of aromatic nitrogens is 1. The molecule has 0 bridgehead atoms. The van der Waals surface area contributed by atoms with Crippen LogP contribution in [0.2, 0.25) is 0 Å². The quantitative estimate of drug-likeness (QED) is 0.382. The van der Waals surface area contributed by atoms with E-state index in [1.54, 1.807) is 11.5 Å². The van der Waals surface area contributed by atoms with Gasteiger partial charge in [-0.25, -0.2) is 10.8 Å². The molecule has 3 N–H and O–H groups in total. The summed E-state index contributed by atoms with van der Waals surface area (Å²) >= 11 is 1.35. The minimum Gasteiger partial charge on any atom is -0.289 e. The highest BCUT2D eigenvalue weighted by molar-refractivity contribution is 7.10. The summed E-state index contributed by atoms with van der Waals surface area (Å²) in [5.74, 6) is 4.51. The summed E-state index contributed by atoms with van der Waals surface area (Å²) < 4.78 is 0. The Labute approximate surface area is 67.7 Å². The van der Waals surface area contributed by atoms with Crippen molar-refractivity contribution in [1.29, 1.82) is 0 Å². The summed E-state index contributed by atoms with van der Waals surface area (Å²) in [5, 5.41) is 2.34. The van der Waals surface area contributed by atoms with E-state index in [0.29, 0.717) is 10.7 Å². The van der Waals surface area contributed by atoms with Crippen molar-refractivity contribution in [1.82, 2.24) is 10.4 Å². The van der Waals surface area contributed by atoms with Crippen molar-refractivity contribution in [3.8, 4) is 0 Å². The molecule has 0 aliphatic rings. The smallest absolute Gasteiger partial charge is 0.284 e. The molecule has 1 rings (SSSR count). The molecule has 0 aliphatic heterocycles. The van der Waals surface area contributed by atoms with Crippen molar-refractivity contribution >= 4 is 23.3 Å². The van der Waals surface area contributed by atoms with E-state index < -0.39 is 0 Å². The molecule has 0 spiro atoms. The highest BCUT2D eigenvalue weighted by Gasteiger charge is 2.06. The number of carbonyl (C=O) groups is 1. The third kappa shape index (κ3) is 1.63. The molecule has 0 fully saturated rings. The van der Waals surface area contributed by atoms with Gasteiger partial charge in [0.15, 0.2) is 0 Å². The van der Waals surface area contributed by atoms with E-state index in [1.165, 1.54) is 11.3 Å². The zero-order valence-electron chi connectivity index (χ0n) is 5.70. The second-order valence-corrected chi connectivity index (χ2v) is 2.64. The predicted octanol–water partition coefficient (Wildman–Crippen LogP) is 0.390. The molecule has 4 nitrogen and oxygen atoms in total. The van der Waals surface area contributed by atoms with Crippen molar-refractivity contribution in [2.24, 2.45) is 5.84 Å². The van der Waals surface area contributed by atoms with Gasteiger partial charge in [-0.3, -0.25) is 10.2 Å². The standard InChI is InChI=1S/C6H7N3OS/c1-2-5-8-4(3-11-5)6(10)9-7/h2-3H,1,7H2,(H,9,10). The SMILES string of the molecule is C=Cc1nc(C(=O)NN)cs1. The van der Waals surface area contributed by atoms with Gasteiger partial charge < -0.3 is 0 Å². The number of nitrogen functional groups attached to an aromatic ring is 1. The van der Waals surface area contributed by atoms with Crippen molar-refractivity contribution in [2.45, 2.75) is 0 Å². The predicted molar refractivity (Wildman–Crippen MR) is 43.9 cm³/mol. The van der Waals surface area contributed by atoms with Crippen LogP contribution in [0.1, 0.15) is 15.5 Å². The Kier molecular flexibility index (Phi) is 2.35. The first-order valence-electron chi connectivity index (χ1n) is 2.87. The van der Waals surface area contributed by atoms with Gasteiger partial charge in [0.05, 0.1) is 0 Å². The Morgan fingerprint density at radius 1 is 1.91 bits per heavy atom. The molecule has 5 heteroatoms. The van der Waals surface area contributed by atoms with Crippen molar-refractivity contribution in [3.05, 3.63) is 22.7 Å². The minimum absolute atomic E-state index is 0.326. The average molecular weight is 169 g/mol. The molecule has 0 saturated carbocycles. The minimum atomic E-state index is -0.380. The number of thiazole rings is 1. The van der Waals surface area contributed by atoms with Gasteiger partial charge in [-0.2, -0.15) is 0 Å². The van der Waals surface area contributed by atoms with Gasteiger partial charge in [0.2, 0.25) is 0 Å². The fraction of sp³-hybridized carbons (Fsp3) is 0. The summed E-state index contributed by atoms with van der Waals surface area (Å²) in [6, 6.07) is 0. The zero-order chi connectivity index (χ0) is 8.27. The summed E-state index contributed by atoms with van der Waals surface area (Å²) in [6.45, 7) is 3.51. The molecule has 1 aromatic rings. The molecule has 0 unspecified atom stereocenters. The molecule has 1 amide bonds. The van der Waals surface area contributed by atoms with E-state index in [1.807, 2.05) is 5.43 Å². The number of amides is 1. The Hall–Kier alpha value is -1.20. The lowest BCUT2D eigenvalue weighted by Crippen LogP contribution is -2.30. The first-order chi connectivity index (χ1) is 5.27. The van der Waals surface area contributed by atoms with E-state index in [0.717, 1.165) is 0 Å². The first-order valence-corrected chi connectivity index (χ1v) is 3.75. The number of hydrogen-bond acceptors (Lipinski definition) is 4. The van der Waals surface area contributed by atoms with Gasteiger partial charge in [-0.15, -0.1) is 11.3 Å². The fourth-order valence-corrected chi connectivity index (χ4v) is 1.20. The molecular formula is C6H7N3OS. The number of nitrogens with two attached hydrogens (primary N) is 1. The lowest BCUT2D eigenvalue weighted by Gasteiger charge is -1.90. The van der Waals surface area contributed by atoms with Crippen molar-refractivity contribution in [3.63, 3.8) is 0 Å². The maximum atomic E-state index is 10.8. The van der Waals surface area contributed by atoms with Gasteiger partial charge in [0.1, 0.15) is 10.7 Å². The lowest BCUT2D eigenvalue weighted by atomic mass is 10.5. The summed E-state index contributed by atoms with van der Waals surface area (Å²) in [5.41, 5.74) is 2.32. The Balaban J connectivity index is 2.88. The van der Waals surface area contributed by atoms with Crippen LogP contribution < -0.4 is 11.3 Å². The molecule has 0 aromatic carbocycles. The van der Waals surface area contributed by atoms with Crippen LogP contribution >= 0.6 is 11.3 Å². The number of nitrogens with one attached hydrogen (secondary N) is 1. The van der Waals surface area contributed by atoms with Gasteiger partial charge >= 0.3 is 0 Å². The molecule has 58 valence electrons. The number of hydrogen-bond donors (Lipinski definition) is 2. The molecule has 0 atom stereocenters. The molecule has 1 heterocycles. The second kappa shape index (κ2) is 3.27. The molecule has 11 heavy (non-hydrogen) atoms. The Morgan fingerprint density at radius 3 is 3.09 bits per heavy atom. The van der Waals surface area contributed by atoms with Gasteiger partial charge in [0, 0.05) is 5.38 Å². The highest BCUT2D eigenvalue weighted by Crippen LogP contribution is 2.09. The van der Waals surface area contributed by atoms with Crippen LogP contribution in [-0.4, -0.2) is 10.9 Å². The fourth-order valence-electron chi connectivity index (χ4n) is 0.560. The van der Waals surface area contributed by atoms with Crippen LogP contribution in [0.25, 0.3) is 6.08 Å². The molecule has 1 aromatic heterocycles. The molecule has 0 saturated heterocycles. The van der Waals surface area contributed by atoms with Crippen LogP contribution in [0, 0.1) is 0 Å². The van der Waals surface area contributed by atoms with E-state index >= 15 is 0 Å². The highest BCUT2D eigenvalue weighted by atomic mass is 32.1. The van der Waals surface area contributed by atoms with Gasteiger partial charge in [-0.1, -0.05) is 6.58 Å².